The standard InChI is InChI=1S/C17H12ClN3O2S2/c1-2-23-15(22)9-3-5-11-13(7-9)24-16(19-11)21-17-20-12-6-4-10(18)8-14(12)25-17/h3-8H,2H2,1H3,(H,19,20,21). The molecule has 25 heavy (non-hydrogen) atoms. The summed E-state index contributed by atoms with van der Waals surface area (Å²) in [7, 11) is 0. The first-order valence-electron chi connectivity index (χ1n) is 7.53. The third-order valence-corrected chi connectivity index (χ3v) is 5.57. The van der Waals surface area contributed by atoms with Gasteiger partial charge in [0.25, 0.3) is 0 Å². The van der Waals surface area contributed by atoms with Crippen molar-refractivity contribution in [1.82, 2.24) is 9.97 Å². The number of nitrogens with zero attached hydrogens (tertiary/aromatic N) is 2. The Hall–Kier alpha value is -2.22. The molecule has 0 atom stereocenters. The van der Waals surface area contributed by atoms with Crippen molar-refractivity contribution in [3.8, 4) is 0 Å². The molecule has 2 aromatic carbocycles. The first kappa shape index (κ1) is 16.3. The highest BCUT2D eigenvalue weighted by Gasteiger charge is 2.12. The Bertz CT molecular complexity index is 1090. The summed E-state index contributed by atoms with van der Waals surface area (Å²) in [5.74, 6) is -0.324. The van der Waals surface area contributed by atoms with E-state index in [0.717, 1.165) is 30.7 Å². The van der Waals surface area contributed by atoms with Gasteiger partial charge in [-0.2, -0.15) is 0 Å². The van der Waals surface area contributed by atoms with E-state index in [1.54, 1.807) is 19.1 Å². The number of fused-ring (bicyclic) bond motifs is 2. The summed E-state index contributed by atoms with van der Waals surface area (Å²) >= 11 is 9.00. The molecule has 4 aromatic rings. The number of aromatic nitrogens is 2. The van der Waals surface area contributed by atoms with E-state index in [0.29, 0.717) is 17.2 Å². The van der Waals surface area contributed by atoms with Crippen LogP contribution in [-0.4, -0.2) is 22.5 Å². The van der Waals surface area contributed by atoms with Gasteiger partial charge in [-0.1, -0.05) is 34.3 Å². The highest BCUT2D eigenvalue weighted by atomic mass is 35.5. The molecule has 0 saturated heterocycles. The maximum absolute atomic E-state index is 11.8. The number of ether oxygens (including phenoxy) is 1. The van der Waals surface area contributed by atoms with Crippen LogP contribution < -0.4 is 5.32 Å². The normalized spacial score (nSPS) is 11.1. The highest BCUT2D eigenvalue weighted by molar-refractivity contribution is 7.24. The molecule has 8 heteroatoms. The molecule has 4 rings (SSSR count). The number of anilines is 2. The number of hydrogen-bond donors (Lipinski definition) is 1. The van der Waals surface area contributed by atoms with Gasteiger partial charge in [0.15, 0.2) is 10.3 Å². The molecule has 0 aliphatic carbocycles. The summed E-state index contributed by atoms with van der Waals surface area (Å²) < 4.78 is 6.96. The molecule has 0 saturated carbocycles. The monoisotopic (exact) mass is 389 g/mol. The van der Waals surface area contributed by atoms with E-state index in [1.165, 1.54) is 22.7 Å². The van der Waals surface area contributed by atoms with E-state index >= 15 is 0 Å². The van der Waals surface area contributed by atoms with E-state index in [9.17, 15) is 4.79 Å². The Kier molecular flexibility index (Phi) is 4.29. The Morgan fingerprint density at radius 2 is 1.72 bits per heavy atom. The molecule has 2 aromatic heterocycles. The summed E-state index contributed by atoms with van der Waals surface area (Å²) in [5.41, 5.74) is 2.24. The lowest BCUT2D eigenvalue weighted by Gasteiger charge is -2.00. The van der Waals surface area contributed by atoms with Gasteiger partial charge >= 0.3 is 5.97 Å². The van der Waals surface area contributed by atoms with Gasteiger partial charge < -0.3 is 10.1 Å². The molecule has 126 valence electrons. The zero-order valence-corrected chi connectivity index (χ0v) is 15.5. The van der Waals surface area contributed by atoms with E-state index in [2.05, 4.69) is 15.3 Å². The van der Waals surface area contributed by atoms with Crippen molar-refractivity contribution < 1.29 is 9.53 Å². The average Bonchev–Trinajstić information content (AvgIpc) is 3.16. The first-order valence-corrected chi connectivity index (χ1v) is 9.54. The molecule has 0 bridgehead atoms. The highest BCUT2D eigenvalue weighted by Crippen LogP contribution is 2.33. The SMILES string of the molecule is CCOC(=O)c1ccc2nc(Nc3nc4ccc(Cl)cc4s3)sc2c1. The predicted molar refractivity (Wildman–Crippen MR) is 103 cm³/mol. The summed E-state index contributed by atoms with van der Waals surface area (Å²) in [5, 5.41) is 5.40. The second-order valence-electron chi connectivity index (χ2n) is 5.18. The van der Waals surface area contributed by atoms with E-state index in [1.807, 2.05) is 24.3 Å². The van der Waals surface area contributed by atoms with Crippen LogP contribution in [0.25, 0.3) is 20.4 Å². The van der Waals surface area contributed by atoms with E-state index in [4.69, 9.17) is 16.3 Å². The van der Waals surface area contributed by atoms with Gasteiger partial charge in [0.2, 0.25) is 0 Å². The molecule has 0 radical (unpaired) electrons. The van der Waals surface area contributed by atoms with Gasteiger partial charge in [0.05, 0.1) is 32.6 Å². The number of benzene rings is 2. The Labute approximate surface area is 156 Å². The second-order valence-corrected chi connectivity index (χ2v) is 7.68. The van der Waals surface area contributed by atoms with E-state index in [-0.39, 0.29) is 5.97 Å². The number of carbonyl (C=O) groups is 1. The Balaban J connectivity index is 1.63. The fraction of sp³-hybridized carbons (Fsp3) is 0.118. The zero-order valence-electron chi connectivity index (χ0n) is 13.1. The third kappa shape index (κ3) is 3.30. The Morgan fingerprint density at radius 1 is 1.08 bits per heavy atom. The van der Waals surface area contributed by atoms with Crippen LogP contribution in [0.4, 0.5) is 10.3 Å². The molecule has 0 spiro atoms. The molecular weight excluding hydrogens is 378 g/mol. The number of esters is 1. The van der Waals surface area contributed by atoms with Gasteiger partial charge in [0, 0.05) is 5.02 Å². The van der Waals surface area contributed by atoms with Crippen LogP contribution >= 0.6 is 34.3 Å². The summed E-state index contributed by atoms with van der Waals surface area (Å²) in [4.78, 5) is 20.9. The third-order valence-electron chi connectivity index (χ3n) is 3.46. The van der Waals surface area contributed by atoms with Crippen molar-refractivity contribution in [2.75, 3.05) is 11.9 Å². The maximum atomic E-state index is 11.8. The van der Waals surface area contributed by atoms with Gasteiger partial charge in [-0.3, -0.25) is 0 Å². The minimum absolute atomic E-state index is 0.324. The summed E-state index contributed by atoms with van der Waals surface area (Å²) in [6, 6.07) is 11.0. The number of nitrogens with one attached hydrogen (secondary N) is 1. The molecule has 5 nitrogen and oxygen atoms in total. The zero-order chi connectivity index (χ0) is 17.4. The lowest BCUT2D eigenvalue weighted by atomic mass is 10.2. The van der Waals surface area contributed by atoms with Crippen LogP contribution in [0.15, 0.2) is 36.4 Å². The van der Waals surface area contributed by atoms with Crippen LogP contribution in [-0.2, 0) is 4.74 Å². The van der Waals surface area contributed by atoms with Gasteiger partial charge in [-0.05, 0) is 43.3 Å². The minimum atomic E-state index is -0.324. The number of halogens is 1. The van der Waals surface area contributed by atoms with Crippen LogP contribution in [0.1, 0.15) is 17.3 Å². The first-order chi connectivity index (χ1) is 12.1. The second kappa shape index (κ2) is 6.59. The van der Waals surface area contributed by atoms with Crippen LogP contribution in [0, 0.1) is 0 Å². The minimum Gasteiger partial charge on any atom is -0.462 e. The van der Waals surface area contributed by atoms with Gasteiger partial charge in [0.1, 0.15) is 0 Å². The fourth-order valence-electron chi connectivity index (χ4n) is 2.36. The van der Waals surface area contributed by atoms with Crippen LogP contribution in [0.2, 0.25) is 5.02 Å². The lowest BCUT2D eigenvalue weighted by molar-refractivity contribution is 0.0526. The lowest BCUT2D eigenvalue weighted by Crippen LogP contribution is -2.03. The largest absolute Gasteiger partial charge is 0.462 e. The molecule has 0 aliphatic heterocycles. The molecule has 0 amide bonds. The summed E-state index contributed by atoms with van der Waals surface area (Å²) in [6.45, 7) is 2.14. The van der Waals surface area contributed by atoms with E-state index < -0.39 is 0 Å². The van der Waals surface area contributed by atoms with Crippen LogP contribution in [0.5, 0.6) is 0 Å². The predicted octanol–water partition coefficient (Wildman–Crippen LogP) is 5.48. The maximum Gasteiger partial charge on any atom is 0.338 e. The molecule has 1 N–H and O–H groups in total. The Morgan fingerprint density at radius 3 is 2.40 bits per heavy atom. The average molecular weight is 390 g/mol. The van der Waals surface area contributed by atoms with Crippen molar-refractivity contribution in [1.29, 1.82) is 0 Å². The quantitative estimate of drug-likeness (QED) is 0.468. The molecule has 0 unspecified atom stereocenters. The molecule has 0 aliphatic rings. The topological polar surface area (TPSA) is 64.1 Å². The van der Waals surface area contributed by atoms with Crippen molar-refractivity contribution in [2.45, 2.75) is 6.92 Å². The number of thiazole rings is 2. The van der Waals surface area contributed by atoms with Gasteiger partial charge in [-0.25, -0.2) is 14.8 Å². The molecule has 2 heterocycles. The van der Waals surface area contributed by atoms with Crippen molar-refractivity contribution >= 4 is 70.9 Å². The molecule has 0 fully saturated rings. The van der Waals surface area contributed by atoms with Crippen molar-refractivity contribution in [2.24, 2.45) is 0 Å². The van der Waals surface area contributed by atoms with Gasteiger partial charge in [-0.15, -0.1) is 0 Å². The number of carbonyl (C=O) groups excluding carboxylic acids is 1. The van der Waals surface area contributed by atoms with Crippen molar-refractivity contribution in [3.63, 3.8) is 0 Å². The smallest absolute Gasteiger partial charge is 0.338 e. The number of hydrogen-bond acceptors (Lipinski definition) is 7. The molecular formula is C17H12ClN3O2S2. The van der Waals surface area contributed by atoms with Crippen molar-refractivity contribution in [3.05, 3.63) is 47.0 Å². The fourth-order valence-corrected chi connectivity index (χ4v) is 4.47. The summed E-state index contributed by atoms with van der Waals surface area (Å²) in [6.07, 6.45) is 0. The number of rotatable bonds is 4. The van der Waals surface area contributed by atoms with Crippen LogP contribution in [0.3, 0.4) is 0 Å².